The Bertz CT molecular complexity index is 501. The minimum atomic E-state index is -1.11. The lowest BCUT2D eigenvalue weighted by Gasteiger charge is -2.39. The largest absolute Gasteiger partial charge is 0.391 e. The average Bonchev–Trinajstić information content (AvgIpc) is 2.87. The Morgan fingerprint density at radius 1 is 1.48 bits per heavy atom. The first-order chi connectivity index (χ1) is 10.7. The summed E-state index contributed by atoms with van der Waals surface area (Å²) in [5, 5.41) is 15.3. The summed E-state index contributed by atoms with van der Waals surface area (Å²) in [7, 11) is 0. The second-order valence-electron chi connectivity index (χ2n) is 6.18. The first-order valence-corrected chi connectivity index (χ1v) is 8.67. The Morgan fingerprint density at radius 3 is 2.74 bits per heavy atom. The fraction of sp³-hybridized carbons (Fsp3) is 0.786. The van der Waals surface area contributed by atoms with Crippen molar-refractivity contribution < 1.29 is 19.5 Å². The number of likely N-dealkylation sites (tertiary alicyclic amines) is 1. The van der Waals surface area contributed by atoms with Crippen LogP contribution in [0.15, 0.2) is 0 Å². The molecule has 9 heteroatoms. The maximum atomic E-state index is 12.3. The summed E-state index contributed by atoms with van der Waals surface area (Å²) in [6.45, 7) is 4.25. The molecule has 0 radical (unpaired) electrons. The molecule has 8 nitrogen and oxygen atoms in total. The number of rotatable bonds is 4. The lowest BCUT2D eigenvalue weighted by molar-refractivity contribution is -0.131. The molecule has 1 unspecified atom stereocenters. The predicted octanol–water partition coefficient (Wildman–Crippen LogP) is -1.62. The molecule has 0 aromatic rings. The van der Waals surface area contributed by atoms with Gasteiger partial charge >= 0.3 is 0 Å². The van der Waals surface area contributed by atoms with Gasteiger partial charge in [-0.05, 0) is 19.8 Å². The molecule has 2 saturated heterocycles. The van der Waals surface area contributed by atoms with Gasteiger partial charge in [0.1, 0.15) is 6.04 Å². The van der Waals surface area contributed by atoms with Crippen LogP contribution in [0.3, 0.4) is 0 Å². The van der Waals surface area contributed by atoms with Crippen LogP contribution in [0.5, 0.6) is 0 Å². The summed E-state index contributed by atoms with van der Waals surface area (Å²) in [5.41, 5.74) is 5.19. The summed E-state index contributed by atoms with van der Waals surface area (Å²) in [6, 6.07) is -1.58. The van der Waals surface area contributed by atoms with Crippen molar-refractivity contribution in [1.82, 2.24) is 15.5 Å². The second-order valence-corrected chi connectivity index (χ2v) is 7.58. The Balaban J connectivity index is 1.97. The van der Waals surface area contributed by atoms with E-state index in [4.69, 9.17) is 5.73 Å². The number of hydrogen-bond donors (Lipinski definition) is 4. The Morgan fingerprint density at radius 2 is 2.17 bits per heavy atom. The Kier molecular flexibility index (Phi) is 5.53. The topological polar surface area (TPSA) is 125 Å². The third-order valence-corrected chi connectivity index (χ3v) is 5.77. The van der Waals surface area contributed by atoms with Gasteiger partial charge in [0.25, 0.3) is 0 Å². The molecule has 2 fully saturated rings. The number of aliphatic hydroxyl groups excluding tert-OH is 1. The number of piperidine rings is 1. The summed E-state index contributed by atoms with van der Waals surface area (Å²) in [5.74, 6) is -0.557. The van der Waals surface area contributed by atoms with Crippen LogP contribution in [0.4, 0.5) is 0 Å². The number of nitrogens with two attached hydrogens (primary N) is 1. The fourth-order valence-corrected chi connectivity index (χ4v) is 4.48. The SMILES string of the molecule is CC(=O)N1CCCC2(C1)N[C@H](C(=O)N[C@H](C(N)=O)[C@@H](C)O)CS2. The zero-order valence-corrected chi connectivity index (χ0v) is 14.2. The predicted molar refractivity (Wildman–Crippen MR) is 86.4 cm³/mol. The van der Waals surface area contributed by atoms with Crippen LogP contribution in [0, 0.1) is 0 Å². The van der Waals surface area contributed by atoms with E-state index in [0.717, 1.165) is 19.4 Å². The zero-order valence-electron chi connectivity index (χ0n) is 13.4. The third-order valence-electron chi connectivity index (χ3n) is 4.27. The lowest BCUT2D eigenvalue weighted by Crippen LogP contribution is -2.59. The van der Waals surface area contributed by atoms with Crippen LogP contribution in [-0.2, 0) is 14.4 Å². The van der Waals surface area contributed by atoms with Crippen molar-refractivity contribution in [3.05, 3.63) is 0 Å². The zero-order chi connectivity index (χ0) is 17.2. The molecular formula is C14H24N4O4S. The summed E-state index contributed by atoms with van der Waals surface area (Å²) in [6.07, 6.45) is 0.703. The van der Waals surface area contributed by atoms with Gasteiger partial charge in [-0.3, -0.25) is 19.7 Å². The van der Waals surface area contributed by atoms with Crippen molar-refractivity contribution in [2.45, 2.75) is 49.7 Å². The third kappa shape index (κ3) is 4.15. The maximum absolute atomic E-state index is 12.3. The highest BCUT2D eigenvalue weighted by Crippen LogP contribution is 2.38. The minimum Gasteiger partial charge on any atom is -0.391 e. The van der Waals surface area contributed by atoms with E-state index >= 15 is 0 Å². The van der Waals surface area contributed by atoms with E-state index in [9.17, 15) is 19.5 Å². The molecule has 4 atom stereocenters. The van der Waals surface area contributed by atoms with Crippen molar-refractivity contribution in [3.63, 3.8) is 0 Å². The lowest BCUT2D eigenvalue weighted by atomic mass is 10.0. The van der Waals surface area contributed by atoms with Crippen LogP contribution in [0.2, 0.25) is 0 Å². The van der Waals surface area contributed by atoms with Crippen LogP contribution in [0.25, 0.3) is 0 Å². The van der Waals surface area contributed by atoms with Gasteiger partial charge in [-0.15, -0.1) is 11.8 Å². The molecule has 0 aliphatic carbocycles. The molecule has 130 valence electrons. The molecule has 0 saturated carbocycles. The number of hydrogen-bond acceptors (Lipinski definition) is 6. The molecule has 2 aliphatic rings. The summed E-state index contributed by atoms with van der Waals surface area (Å²) in [4.78, 5) is 36.6. The van der Waals surface area contributed by atoms with Gasteiger partial charge in [0.05, 0.1) is 17.0 Å². The normalized spacial score (nSPS) is 30.0. The highest BCUT2D eigenvalue weighted by molar-refractivity contribution is 8.01. The monoisotopic (exact) mass is 344 g/mol. The van der Waals surface area contributed by atoms with Crippen molar-refractivity contribution in [3.8, 4) is 0 Å². The van der Waals surface area contributed by atoms with E-state index in [-0.39, 0.29) is 16.7 Å². The van der Waals surface area contributed by atoms with E-state index in [1.807, 2.05) is 0 Å². The molecule has 23 heavy (non-hydrogen) atoms. The van der Waals surface area contributed by atoms with Gasteiger partial charge in [0.15, 0.2) is 0 Å². The van der Waals surface area contributed by atoms with Crippen LogP contribution >= 0.6 is 11.8 Å². The molecule has 2 aliphatic heterocycles. The standard InChI is InChI=1S/C14H24N4O4S/c1-8(19)11(12(15)21)16-13(22)10-6-23-14(17-10)4-3-5-18(7-14)9(2)20/h8,10-11,17,19H,3-7H2,1-2H3,(H2,15,21)(H,16,22)/t8-,10+,11+,14?/m1/s1. The van der Waals surface area contributed by atoms with E-state index < -0.39 is 24.1 Å². The first kappa shape index (κ1) is 18.0. The van der Waals surface area contributed by atoms with Gasteiger partial charge in [-0.25, -0.2) is 0 Å². The summed E-state index contributed by atoms with van der Waals surface area (Å²) >= 11 is 1.62. The number of nitrogens with zero attached hydrogens (tertiary/aromatic N) is 1. The number of primary amides is 1. The van der Waals surface area contributed by atoms with Crippen LogP contribution in [0.1, 0.15) is 26.7 Å². The molecule has 5 N–H and O–H groups in total. The number of amides is 3. The van der Waals surface area contributed by atoms with E-state index in [0.29, 0.717) is 12.3 Å². The molecular weight excluding hydrogens is 320 g/mol. The van der Waals surface area contributed by atoms with Gasteiger partial charge in [-0.2, -0.15) is 0 Å². The Labute approximate surface area is 139 Å². The average molecular weight is 344 g/mol. The number of nitrogens with one attached hydrogen (secondary N) is 2. The van der Waals surface area contributed by atoms with Crippen LogP contribution in [-0.4, -0.2) is 69.6 Å². The van der Waals surface area contributed by atoms with Crippen molar-refractivity contribution >= 4 is 29.5 Å². The van der Waals surface area contributed by atoms with Gasteiger partial charge in [-0.1, -0.05) is 0 Å². The number of aliphatic hydroxyl groups is 1. The van der Waals surface area contributed by atoms with Gasteiger partial charge < -0.3 is 21.1 Å². The highest BCUT2D eigenvalue weighted by atomic mass is 32.2. The molecule has 3 amide bonds. The van der Waals surface area contributed by atoms with Crippen molar-refractivity contribution in [2.75, 3.05) is 18.8 Å². The molecule has 0 aromatic carbocycles. The van der Waals surface area contributed by atoms with E-state index in [2.05, 4.69) is 10.6 Å². The molecule has 2 heterocycles. The smallest absolute Gasteiger partial charge is 0.242 e. The maximum Gasteiger partial charge on any atom is 0.242 e. The number of carbonyl (C=O) groups excluding carboxylic acids is 3. The van der Waals surface area contributed by atoms with E-state index in [1.54, 1.807) is 23.6 Å². The quantitative estimate of drug-likeness (QED) is 0.486. The summed E-state index contributed by atoms with van der Waals surface area (Å²) < 4.78 is 0. The van der Waals surface area contributed by atoms with Crippen molar-refractivity contribution in [2.24, 2.45) is 5.73 Å². The van der Waals surface area contributed by atoms with Crippen LogP contribution < -0.4 is 16.4 Å². The molecule has 2 rings (SSSR count). The minimum absolute atomic E-state index is 0.0299. The second kappa shape index (κ2) is 7.06. The van der Waals surface area contributed by atoms with Gasteiger partial charge in [0, 0.05) is 25.8 Å². The first-order valence-electron chi connectivity index (χ1n) is 7.69. The molecule has 0 aromatic heterocycles. The molecule has 0 bridgehead atoms. The molecule has 1 spiro atoms. The van der Waals surface area contributed by atoms with Gasteiger partial charge in [0.2, 0.25) is 17.7 Å². The highest BCUT2D eigenvalue weighted by Gasteiger charge is 2.45. The van der Waals surface area contributed by atoms with E-state index in [1.165, 1.54) is 6.92 Å². The number of carbonyl (C=O) groups is 3. The number of thioether (sulfide) groups is 1. The van der Waals surface area contributed by atoms with Crippen molar-refractivity contribution in [1.29, 1.82) is 0 Å². The Hall–Kier alpha value is -1.32. The fourth-order valence-electron chi connectivity index (χ4n) is 2.99.